The van der Waals surface area contributed by atoms with Crippen LogP contribution in [0.25, 0.3) is 10.2 Å². The second kappa shape index (κ2) is 5.10. The van der Waals surface area contributed by atoms with Gasteiger partial charge in [-0.15, -0.1) is 0 Å². The van der Waals surface area contributed by atoms with E-state index in [0.29, 0.717) is 4.80 Å². The van der Waals surface area contributed by atoms with E-state index < -0.39 is 5.91 Å². The molecule has 106 valence electrons. The number of aromatic nitrogens is 3. The van der Waals surface area contributed by atoms with Crippen LogP contribution >= 0.6 is 11.3 Å². The van der Waals surface area contributed by atoms with Crippen molar-refractivity contribution in [1.82, 2.24) is 14.3 Å². The summed E-state index contributed by atoms with van der Waals surface area (Å²) in [5.41, 5.74) is 0.899. The number of nitrogens with zero attached hydrogens (tertiary/aromatic N) is 4. The molecule has 2 aromatic heterocycles. The summed E-state index contributed by atoms with van der Waals surface area (Å²) in [7, 11) is 3.36. The Labute approximate surface area is 123 Å². The van der Waals surface area contributed by atoms with Crippen LogP contribution < -0.4 is 10.4 Å². The van der Waals surface area contributed by atoms with Crippen molar-refractivity contribution in [2.24, 2.45) is 19.1 Å². The maximum absolute atomic E-state index is 12.2. The third kappa shape index (κ3) is 2.43. The van der Waals surface area contributed by atoms with Gasteiger partial charge in [-0.2, -0.15) is 10.1 Å². The number of carbonyl (C=O) groups is 1. The number of hydrogen-bond acceptors (Lipinski definition) is 4. The second-order valence-corrected chi connectivity index (χ2v) is 5.52. The van der Waals surface area contributed by atoms with Gasteiger partial charge in [-0.3, -0.25) is 9.59 Å². The van der Waals surface area contributed by atoms with Crippen LogP contribution in [0.4, 0.5) is 0 Å². The van der Waals surface area contributed by atoms with E-state index in [1.54, 1.807) is 0 Å². The van der Waals surface area contributed by atoms with Crippen LogP contribution in [0.15, 0.2) is 46.2 Å². The Kier molecular flexibility index (Phi) is 3.26. The maximum atomic E-state index is 12.2. The monoisotopic (exact) mass is 300 g/mol. The first-order chi connectivity index (χ1) is 10.1. The zero-order valence-corrected chi connectivity index (χ0v) is 12.3. The van der Waals surface area contributed by atoms with Crippen LogP contribution in [0.2, 0.25) is 0 Å². The summed E-state index contributed by atoms with van der Waals surface area (Å²) < 4.78 is 4.04. The molecule has 6 nitrogen and oxygen atoms in total. The molecule has 0 radical (unpaired) electrons. The molecule has 0 saturated heterocycles. The van der Waals surface area contributed by atoms with Crippen LogP contribution in [0.1, 0.15) is 10.5 Å². The average Bonchev–Trinajstić information content (AvgIpc) is 2.79. The highest BCUT2D eigenvalue weighted by molar-refractivity contribution is 7.16. The zero-order valence-electron chi connectivity index (χ0n) is 11.5. The van der Waals surface area contributed by atoms with Gasteiger partial charge in [-0.1, -0.05) is 23.5 Å². The Morgan fingerprint density at radius 3 is 2.67 bits per heavy atom. The van der Waals surface area contributed by atoms with Crippen LogP contribution in [0, 0.1) is 0 Å². The first kappa shape index (κ1) is 13.4. The van der Waals surface area contributed by atoms with Crippen LogP contribution in [0.3, 0.4) is 0 Å². The summed E-state index contributed by atoms with van der Waals surface area (Å²) in [6, 6.07) is 10.5. The number of benzene rings is 1. The van der Waals surface area contributed by atoms with E-state index in [0.717, 1.165) is 14.9 Å². The molecule has 0 bridgehead atoms. The minimum atomic E-state index is -0.465. The molecule has 0 aliphatic heterocycles. The van der Waals surface area contributed by atoms with Gasteiger partial charge in [0, 0.05) is 20.2 Å². The summed E-state index contributed by atoms with van der Waals surface area (Å²) in [4.78, 5) is 28.1. The molecule has 1 amide bonds. The molecule has 7 heteroatoms. The Hall–Kier alpha value is -2.54. The van der Waals surface area contributed by atoms with E-state index in [9.17, 15) is 9.59 Å². The molecule has 0 aliphatic rings. The van der Waals surface area contributed by atoms with Gasteiger partial charge in [0.15, 0.2) is 10.5 Å². The molecule has 3 aromatic rings. The van der Waals surface area contributed by atoms with Crippen LogP contribution in [0.5, 0.6) is 0 Å². The third-order valence-corrected chi connectivity index (χ3v) is 4.20. The lowest BCUT2D eigenvalue weighted by Gasteiger charge is -1.98. The molecule has 3 rings (SSSR count). The fourth-order valence-electron chi connectivity index (χ4n) is 1.95. The molecule has 21 heavy (non-hydrogen) atoms. The topological polar surface area (TPSA) is 69.2 Å². The van der Waals surface area contributed by atoms with Gasteiger partial charge in [-0.25, -0.2) is 4.68 Å². The number of carbonyl (C=O) groups excluding carboxylic acids is 1. The highest BCUT2D eigenvalue weighted by Crippen LogP contribution is 2.15. The first-order valence-electron chi connectivity index (χ1n) is 6.24. The lowest BCUT2D eigenvalue weighted by Crippen LogP contribution is -2.21. The van der Waals surface area contributed by atoms with Gasteiger partial charge in [0.05, 0.1) is 10.2 Å². The molecule has 1 aromatic carbocycles. The van der Waals surface area contributed by atoms with E-state index in [2.05, 4.69) is 10.1 Å². The summed E-state index contributed by atoms with van der Waals surface area (Å²) in [6.07, 6.45) is 0. The largest absolute Gasteiger partial charge is 0.319 e. The van der Waals surface area contributed by atoms with Crippen molar-refractivity contribution in [3.63, 3.8) is 0 Å². The van der Waals surface area contributed by atoms with Gasteiger partial charge >= 0.3 is 0 Å². The average molecular weight is 300 g/mol. The minimum Gasteiger partial charge on any atom is -0.319 e. The third-order valence-electron chi connectivity index (χ3n) is 3.09. The highest BCUT2D eigenvalue weighted by Gasteiger charge is 2.09. The van der Waals surface area contributed by atoms with E-state index in [-0.39, 0.29) is 11.3 Å². The number of aryl methyl sites for hydroxylation is 2. The molecule has 0 N–H and O–H groups in total. The summed E-state index contributed by atoms with van der Waals surface area (Å²) >= 11 is 1.43. The van der Waals surface area contributed by atoms with Gasteiger partial charge in [0.2, 0.25) is 0 Å². The number of rotatable bonds is 1. The number of para-hydroxylation sites is 1. The Balaban J connectivity index is 2.11. The molecule has 2 heterocycles. The van der Waals surface area contributed by atoms with E-state index in [4.69, 9.17) is 0 Å². The molecule has 0 spiro atoms. The predicted molar refractivity (Wildman–Crippen MR) is 80.2 cm³/mol. The molecular formula is C14H12N4O2S. The van der Waals surface area contributed by atoms with E-state index in [1.165, 1.54) is 30.5 Å². The normalized spacial score (nSPS) is 12.0. The minimum absolute atomic E-state index is 0.148. The second-order valence-electron chi connectivity index (χ2n) is 4.51. The van der Waals surface area contributed by atoms with Crippen molar-refractivity contribution in [1.29, 1.82) is 0 Å². The standard InChI is InChI=1S/C14H12N4O2S/c1-17-10-5-3-4-6-11(10)21-14(17)15-13(20)9-7-8-12(19)18(2)16-9/h3-8H,1-2H3. The molecular weight excluding hydrogens is 288 g/mol. The Bertz CT molecular complexity index is 965. The molecule has 0 unspecified atom stereocenters. The van der Waals surface area contributed by atoms with Crippen molar-refractivity contribution in [2.75, 3.05) is 0 Å². The number of thiazole rings is 1. The molecule has 0 aliphatic carbocycles. The fraction of sp³-hybridized carbons (Fsp3) is 0.143. The molecule has 0 fully saturated rings. The maximum Gasteiger partial charge on any atom is 0.300 e. The van der Waals surface area contributed by atoms with E-state index >= 15 is 0 Å². The van der Waals surface area contributed by atoms with Crippen molar-refractivity contribution in [3.05, 3.63) is 57.2 Å². The fourth-order valence-corrected chi connectivity index (χ4v) is 2.97. The Morgan fingerprint density at radius 2 is 1.95 bits per heavy atom. The number of fused-ring (bicyclic) bond motifs is 1. The van der Waals surface area contributed by atoms with Crippen molar-refractivity contribution < 1.29 is 4.79 Å². The number of amides is 1. The highest BCUT2D eigenvalue weighted by atomic mass is 32.1. The Morgan fingerprint density at radius 1 is 1.19 bits per heavy atom. The molecule has 0 saturated carbocycles. The van der Waals surface area contributed by atoms with Gasteiger partial charge in [0.25, 0.3) is 11.5 Å². The number of hydrogen-bond donors (Lipinski definition) is 0. The summed E-state index contributed by atoms with van der Waals surface area (Å²) in [5.74, 6) is -0.465. The lowest BCUT2D eigenvalue weighted by molar-refractivity contribution is 0.0991. The quantitative estimate of drug-likeness (QED) is 0.675. The zero-order chi connectivity index (χ0) is 15.0. The van der Waals surface area contributed by atoms with Crippen molar-refractivity contribution in [3.8, 4) is 0 Å². The summed E-state index contributed by atoms with van der Waals surface area (Å²) in [6.45, 7) is 0. The van der Waals surface area contributed by atoms with Gasteiger partial charge in [-0.05, 0) is 18.2 Å². The smallest absolute Gasteiger partial charge is 0.300 e. The summed E-state index contributed by atoms with van der Waals surface area (Å²) in [5, 5.41) is 3.91. The first-order valence-corrected chi connectivity index (χ1v) is 7.06. The van der Waals surface area contributed by atoms with Gasteiger partial charge in [0.1, 0.15) is 0 Å². The lowest BCUT2D eigenvalue weighted by atomic mass is 10.3. The van der Waals surface area contributed by atoms with E-state index in [1.807, 2.05) is 35.9 Å². The molecule has 0 atom stereocenters. The van der Waals surface area contributed by atoms with Crippen LogP contribution in [-0.2, 0) is 14.1 Å². The van der Waals surface area contributed by atoms with Gasteiger partial charge < -0.3 is 4.57 Å². The SMILES string of the molecule is Cn1nc(C(=O)N=c2sc3ccccc3n2C)ccc1=O. The predicted octanol–water partition coefficient (Wildman–Crippen LogP) is 1.07. The van der Waals surface area contributed by atoms with Crippen molar-refractivity contribution >= 4 is 27.5 Å². The van der Waals surface area contributed by atoms with Crippen LogP contribution in [-0.4, -0.2) is 20.3 Å². The van der Waals surface area contributed by atoms with Crippen molar-refractivity contribution in [2.45, 2.75) is 0 Å².